The van der Waals surface area contributed by atoms with Gasteiger partial charge in [-0.05, 0) is 58.6 Å². The Balaban J connectivity index is 1.29. The second kappa shape index (κ2) is 7.78. The molecule has 2 bridgehead atoms. The largest absolute Gasteiger partial charge is 0.444 e. The number of alkyl carbamates (subject to hydrolysis) is 1. The number of rotatable bonds is 3. The lowest BCUT2D eigenvalue weighted by molar-refractivity contribution is -0.140. The van der Waals surface area contributed by atoms with Gasteiger partial charge in [-0.2, -0.15) is 5.26 Å². The van der Waals surface area contributed by atoms with Crippen molar-refractivity contribution in [2.75, 3.05) is 18.0 Å². The van der Waals surface area contributed by atoms with Crippen molar-refractivity contribution in [3.05, 3.63) is 23.9 Å². The van der Waals surface area contributed by atoms with Crippen molar-refractivity contribution in [3.8, 4) is 6.07 Å². The molecule has 2 atom stereocenters. The highest BCUT2D eigenvalue weighted by atomic mass is 16.6. The van der Waals surface area contributed by atoms with E-state index in [1.165, 1.54) is 0 Å². The second-order valence-electron chi connectivity index (χ2n) is 9.56. The van der Waals surface area contributed by atoms with E-state index in [0.717, 1.165) is 18.7 Å². The molecule has 0 radical (unpaired) electrons. The van der Waals surface area contributed by atoms with Crippen molar-refractivity contribution in [1.29, 1.82) is 5.26 Å². The van der Waals surface area contributed by atoms with Crippen LogP contribution in [0.5, 0.6) is 0 Å². The maximum Gasteiger partial charge on any atom is 0.407 e. The van der Waals surface area contributed by atoms with Gasteiger partial charge < -0.3 is 19.9 Å². The number of piperazine rings is 1. The monoisotopic (exact) mass is 411 g/mol. The standard InChI is InChI=1S/C22H29N5O3/c1-22(2,3)30-21(29)25-16-8-15(9-16)20(28)26-12-17-5-6-18(13-26)27(17)19-7-4-14(10-23)11-24-19/h4,7,11,15-18H,5-6,8-9,12-13H2,1-3H3,(H,25,29)/t15?,16?,17-,18?/m1/s1. The van der Waals surface area contributed by atoms with Crippen LogP contribution in [0.25, 0.3) is 0 Å². The van der Waals surface area contributed by atoms with Gasteiger partial charge >= 0.3 is 6.09 Å². The third-order valence-electron chi connectivity index (χ3n) is 6.14. The number of likely N-dealkylation sites (tertiary alicyclic amines) is 1. The lowest BCUT2D eigenvalue weighted by Crippen LogP contribution is -2.59. The van der Waals surface area contributed by atoms with E-state index in [2.05, 4.69) is 21.3 Å². The average molecular weight is 412 g/mol. The molecule has 1 saturated carbocycles. The number of carbonyl (C=O) groups excluding carboxylic acids is 2. The molecule has 1 aromatic heterocycles. The summed E-state index contributed by atoms with van der Waals surface area (Å²) in [6.45, 7) is 6.92. The Kier molecular flexibility index (Phi) is 5.31. The molecule has 0 aromatic carbocycles. The Hall–Kier alpha value is -2.82. The molecule has 4 rings (SSSR count). The predicted octanol–water partition coefficient (Wildman–Crippen LogP) is 2.44. The van der Waals surface area contributed by atoms with Gasteiger partial charge in [-0.25, -0.2) is 9.78 Å². The van der Waals surface area contributed by atoms with Crippen molar-refractivity contribution in [2.24, 2.45) is 5.92 Å². The molecule has 160 valence electrons. The van der Waals surface area contributed by atoms with Crippen molar-refractivity contribution in [1.82, 2.24) is 15.2 Å². The number of pyridine rings is 1. The minimum absolute atomic E-state index is 0.00894. The predicted molar refractivity (Wildman–Crippen MR) is 111 cm³/mol. The van der Waals surface area contributed by atoms with Gasteiger partial charge in [0.1, 0.15) is 17.5 Å². The maximum absolute atomic E-state index is 13.0. The Labute approximate surface area is 177 Å². The lowest BCUT2D eigenvalue weighted by atomic mass is 9.79. The highest BCUT2D eigenvalue weighted by Crippen LogP contribution is 2.36. The number of hydrogen-bond acceptors (Lipinski definition) is 6. The van der Waals surface area contributed by atoms with Gasteiger partial charge in [0.15, 0.2) is 0 Å². The molecule has 1 aromatic rings. The van der Waals surface area contributed by atoms with Gasteiger partial charge in [0, 0.05) is 43.3 Å². The zero-order chi connectivity index (χ0) is 21.5. The number of ether oxygens (including phenoxy) is 1. The summed E-state index contributed by atoms with van der Waals surface area (Å²) < 4.78 is 5.29. The molecule has 1 unspecified atom stereocenters. The number of nitrogens with zero attached hydrogens (tertiary/aromatic N) is 4. The minimum atomic E-state index is -0.522. The van der Waals surface area contributed by atoms with Crippen LogP contribution in [0.1, 0.15) is 52.0 Å². The Morgan fingerprint density at radius 1 is 1.20 bits per heavy atom. The fraction of sp³-hybridized carbons (Fsp3) is 0.636. The van der Waals surface area contributed by atoms with Gasteiger partial charge in [-0.1, -0.05) is 0 Å². The molecule has 8 heteroatoms. The van der Waals surface area contributed by atoms with Gasteiger partial charge in [-0.15, -0.1) is 0 Å². The van der Waals surface area contributed by atoms with Gasteiger partial charge in [0.25, 0.3) is 0 Å². The molecule has 8 nitrogen and oxygen atoms in total. The fourth-order valence-corrected chi connectivity index (χ4v) is 4.73. The van der Waals surface area contributed by atoms with Gasteiger partial charge in [0.2, 0.25) is 5.91 Å². The fourth-order valence-electron chi connectivity index (χ4n) is 4.73. The first-order valence-electron chi connectivity index (χ1n) is 10.7. The van der Waals surface area contributed by atoms with Crippen molar-refractivity contribution in [3.63, 3.8) is 0 Å². The highest BCUT2D eigenvalue weighted by molar-refractivity contribution is 5.81. The van der Waals surface area contributed by atoms with E-state index < -0.39 is 11.7 Å². The smallest absolute Gasteiger partial charge is 0.407 e. The van der Waals surface area contributed by atoms with Crippen LogP contribution in [-0.4, -0.2) is 58.7 Å². The molecular formula is C22H29N5O3. The molecule has 2 aliphatic heterocycles. The number of carbonyl (C=O) groups is 2. The molecule has 0 spiro atoms. The van der Waals surface area contributed by atoms with E-state index in [1.54, 1.807) is 12.3 Å². The van der Waals surface area contributed by atoms with Crippen LogP contribution >= 0.6 is 0 Å². The van der Waals surface area contributed by atoms with Crippen molar-refractivity contribution < 1.29 is 14.3 Å². The third kappa shape index (κ3) is 4.20. The number of anilines is 1. The van der Waals surface area contributed by atoms with E-state index in [0.29, 0.717) is 31.5 Å². The van der Waals surface area contributed by atoms with Crippen LogP contribution in [0.15, 0.2) is 18.3 Å². The quantitative estimate of drug-likeness (QED) is 0.820. The zero-order valence-corrected chi connectivity index (χ0v) is 17.8. The number of fused-ring (bicyclic) bond motifs is 2. The molecule has 1 N–H and O–H groups in total. The van der Waals surface area contributed by atoms with E-state index in [4.69, 9.17) is 10.00 Å². The number of amides is 2. The molecule has 3 heterocycles. The Morgan fingerprint density at radius 3 is 2.40 bits per heavy atom. The molecular weight excluding hydrogens is 382 g/mol. The number of nitrogens with one attached hydrogen (secondary N) is 1. The summed E-state index contributed by atoms with van der Waals surface area (Å²) in [6.07, 6.45) is 4.63. The van der Waals surface area contributed by atoms with E-state index >= 15 is 0 Å². The summed E-state index contributed by atoms with van der Waals surface area (Å²) in [6, 6.07) is 6.34. The zero-order valence-electron chi connectivity index (χ0n) is 17.8. The Bertz CT molecular complexity index is 837. The van der Waals surface area contributed by atoms with E-state index in [-0.39, 0.29) is 30.0 Å². The summed E-state index contributed by atoms with van der Waals surface area (Å²) in [5.74, 6) is 1.06. The topological polar surface area (TPSA) is 98.6 Å². The number of aromatic nitrogens is 1. The lowest BCUT2D eigenvalue weighted by Gasteiger charge is -2.45. The molecule has 3 aliphatic rings. The van der Waals surface area contributed by atoms with Crippen LogP contribution in [-0.2, 0) is 9.53 Å². The Morgan fingerprint density at radius 2 is 1.87 bits per heavy atom. The normalized spacial score (nSPS) is 27.8. The average Bonchev–Trinajstić information content (AvgIpc) is 2.91. The molecule has 1 aliphatic carbocycles. The molecule has 3 fully saturated rings. The molecule has 30 heavy (non-hydrogen) atoms. The van der Waals surface area contributed by atoms with Gasteiger partial charge in [-0.3, -0.25) is 4.79 Å². The van der Waals surface area contributed by atoms with E-state index in [9.17, 15) is 9.59 Å². The van der Waals surface area contributed by atoms with Crippen molar-refractivity contribution >= 4 is 17.8 Å². The number of hydrogen-bond donors (Lipinski definition) is 1. The minimum Gasteiger partial charge on any atom is -0.444 e. The summed E-state index contributed by atoms with van der Waals surface area (Å²) in [5, 5.41) is 11.8. The third-order valence-corrected chi connectivity index (χ3v) is 6.14. The summed E-state index contributed by atoms with van der Waals surface area (Å²) in [7, 11) is 0. The van der Waals surface area contributed by atoms with Crippen LogP contribution in [0, 0.1) is 17.2 Å². The first-order valence-corrected chi connectivity index (χ1v) is 10.7. The molecule has 2 saturated heterocycles. The maximum atomic E-state index is 13.0. The van der Waals surface area contributed by atoms with E-state index in [1.807, 2.05) is 31.7 Å². The van der Waals surface area contributed by atoms with Crippen LogP contribution < -0.4 is 10.2 Å². The highest BCUT2D eigenvalue weighted by Gasteiger charge is 2.45. The first-order chi connectivity index (χ1) is 14.2. The summed E-state index contributed by atoms with van der Waals surface area (Å²) in [5.41, 5.74) is 0.0330. The first kappa shape index (κ1) is 20.5. The van der Waals surface area contributed by atoms with Gasteiger partial charge in [0.05, 0.1) is 5.56 Å². The summed E-state index contributed by atoms with van der Waals surface area (Å²) >= 11 is 0. The SMILES string of the molecule is CC(C)(C)OC(=O)NC1CC(C(=O)N2CC3CC[C@H](C2)N3c2ccc(C#N)cn2)C1. The molecule has 2 amide bonds. The summed E-state index contributed by atoms with van der Waals surface area (Å²) in [4.78, 5) is 33.7. The number of nitriles is 1. The van der Waals surface area contributed by atoms with Crippen LogP contribution in [0.3, 0.4) is 0 Å². The van der Waals surface area contributed by atoms with Crippen LogP contribution in [0.4, 0.5) is 10.6 Å². The second-order valence-corrected chi connectivity index (χ2v) is 9.56. The van der Waals surface area contributed by atoms with Crippen molar-refractivity contribution in [2.45, 2.75) is 70.2 Å². The van der Waals surface area contributed by atoms with Crippen LogP contribution in [0.2, 0.25) is 0 Å².